The fraction of sp³-hybridized carbons (Fsp3) is 0.273. The molecule has 0 atom stereocenters. The van der Waals surface area contributed by atoms with Gasteiger partial charge in [0.05, 0.1) is 17.2 Å². The molecule has 0 bridgehead atoms. The number of amides is 2. The second-order valence-electron chi connectivity index (χ2n) is 7.10. The fourth-order valence-electron chi connectivity index (χ4n) is 3.49. The van der Waals surface area contributed by atoms with E-state index in [1.165, 1.54) is 10.9 Å². The highest BCUT2D eigenvalue weighted by atomic mass is 16.2. The van der Waals surface area contributed by atoms with E-state index in [0.717, 1.165) is 24.2 Å². The minimum Gasteiger partial charge on any atom is -0.352 e. The zero-order chi connectivity index (χ0) is 20.2. The number of hydrogen-bond acceptors (Lipinski definition) is 4. The predicted octanol–water partition coefficient (Wildman–Crippen LogP) is 2.23. The first-order valence-corrected chi connectivity index (χ1v) is 9.72. The molecular weight excluding hydrogens is 368 g/mol. The Morgan fingerprint density at radius 3 is 2.62 bits per heavy atom. The summed E-state index contributed by atoms with van der Waals surface area (Å²) in [5, 5.41) is 3.42. The summed E-state index contributed by atoms with van der Waals surface area (Å²) in [7, 11) is 0. The van der Waals surface area contributed by atoms with Gasteiger partial charge >= 0.3 is 0 Å². The number of nitrogens with zero attached hydrogens (tertiary/aromatic N) is 3. The Labute approximate surface area is 168 Å². The van der Waals surface area contributed by atoms with Gasteiger partial charge in [0.25, 0.3) is 5.56 Å². The minimum atomic E-state index is -0.143. The molecule has 0 spiro atoms. The number of para-hydroxylation sites is 1. The van der Waals surface area contributed by atoms with E-state index in [9.17, 15) is 14.4 Å². The lowest BCUT2D eigenvalue weighted by Crippen LogP contribution is -2.27. The lowest BCUT2D eigenvalue weighted by molar-refractivity contribution is -0.121. The summed E-state index contributed by atoms with van der Waals surface area (Å²) in [5.74, 6) is 0.0216. The fourth-order valence-corrected chi connectivity index (χ4v) is 3.49. The Kier molecular flexibility index (Phi) is 5.37. The number of aryl methyl sites for hydroxylation is 1. The van der Waals surface area contributed by atoms with Crippen LogP contribution in [0, 0.1) is 0 Å². The third-order valence-corrected chi connectivity index (χ3v) is 5.12. The van der Waals surface area contributed by atoms with E-state index in [2.05, 4.69) is 10.3 Å². The van der Waals surface area contributed by atoms with E-state index in [1.807, 2.05) is 30.3 Å². The van der Waals surface area contributed by atoms with Gasteiger partial charge in [0.1, 0.15) is 0 Å². The summed E-state index contributed by atoms with van der Waals surface area (Å²) in [6.45, 7) is 1.44. The maximum absolute atomic E-state index is 12.4. The number of carbonyl (C=O) groups excluding carboxylic acids is 2. The van der Waals surface area contributed by atoms with Crippen molar-refractivity contribution in [1.29, 1.82) is 0 Å². The SMILES string of the molecule is O=C(CCn1cnc2ccccc2c1=O)NCc1ccc(N2CCCC2=O)cc1. The van der Waals surface area contributed by atoms with E-state index in [1.54, 1.807) is 23.1 Å². The van der Waals surface area contributed by atoms with E-state index >= 15 is 0 Å². The van der Waals surface area contributed by atoms with Crippen LogP contribution in [0.1, 0.15) is 24.8 Å². The molecule has 0 aliphatic carbocycles. The number of anilines is 1. The van der Waals surface area contributed by atoms with Crippen molar-refractivity contribution < 1.29 is 9.59 Å². The minimum absolute atomic E-state index is 0.135. The number of fused-ring (bicyclic) bond motifs is 1. The molecule has 1 N–H and O–H groups in total. The zero-order valence-electron chi connectivity index (χ0n) is 16.0. The Balaban J connectivity index is 1.31. The Morgan fingerprint density at radius 2 is 1.86 bits per heavy atom. The average molecular weight is 390 g/mol. The smallest absolute Gasteiger partial charge is 0.261 e. The second-order valence-corrected chi connectivity index (χ2v) is 7.10. The van der Waals surface area contributed by atoms with Crippen molar-refractivity contribution in [3.63, 3.8) is 0 Å². The van der Waals surface area contributed by atoms with Crippen LogP contribution in [0.5, 0.6) is 0 Å². The standard InChI is InChI=1S/C22H22N4O3/c27-20(11-13-25-15-24-19-5-2-1-4-18(19)22(25)29)23-14-16-7-9-17(10-8-16)26-12-3-6-21(26)28/h1-2,4-5,7-10,15H,3,6,11-14H2,(H,23,27). The molecular formula is C22H22N4O3. The first-order chi connectivity index (χ1) is 14.1. The van der Waals surface area contributed by atoms with Crippen LogP contribution in [0.3, 0.4) is 0 Å². The molecule has 148 valence electrons. The quantitative estimate of drug-likeness (QED) is 0.700. The molecule has 1 aliphatic rings. The van der Waals surface area contributed by atoms with Gasteiger partial charge in [0.15, 0.2) is 0 Å². The van der Waals surface area contributed by atoms with Gasteiger partial charge in [0.2, 0.25) is 11.8 Å². The summed E-state index contributed by atoms with van der Waals surface area (Å²) in [6, 6.07) is 14.8. The Bertz CT molecular complexity index is 1100. The first kappa shape index (κ1) is 18.9. The summed E-state index contributed by atoms with van der Waals surface area (Å²) in [5.41, 5.74) is 2.36. The van der Waals surface area contributed by atoms with E-state index in [0.29, 0.717) is 23.9 Å². The van der Waals surface area contributed by atoms with E-state index in [4.69, 9.17) is 0 Å². The maximum Gasteiger partial charge on any atom is 0.261 e. The van der Waals surface area contributed by atoms with E-state index < -0.39 is 0 Å². The molecule has 2 heterocycles. The van der Waals surface area contributed by atoms with Crippen molar-refractivity contribution in [2.75, 3.05) is 11.4 Å². The lowest BCUT2D eigenvalue weighted by atomic mass is 10.2. The summed E-state index contributed by atoms with van der Waals surface area (Å²) in [6.07, 6.45) is 3.18. The number of rotatable bonds is 6. The second kappa shape index (κ2) is 8.26. The van der Waals surface area contributed by atoms with Gasteiger partial charge in [0, 0.05) is 38.2 Å². The van der Waals surface area contributed by atoms with Gasteiger partial charge in [-0.2, -0.15) is 0 Å². The maximum atomic E-state index is 12.4. The van der Waals surface area contributed by atoms with Gasteiger partial charge in [-0.05, 0) is 36.2 Å². The molecule has 2 aromatic carbocycles. The van der Waals surface area contributed by atoms with Crippen molar-refractivity contribution in [1.82, 2.24) is 14.9 Å². The van der Waals surface area contributed by atoms with Crippen molar-refractivity contribution in [3.05, 3.63) is 70.8 Å². The topological polar surface area (TPSA) is 84.3 Å². The molecule has 1 aromatic heterocycles. The molecule has 7 nitrogen and oxygen atoms in total. The molecule has 29 heavy (non-hydrogen) atoms. The van der Waals surface area contributed by atoms with Crippen LogP contribution >= 0.6 is 0 Å². The normalized spacial score (nSPS) is 13.8. The highest BCUT2D eigenvalue weighted by Gasteiger charge is 2.21. The van der Waals surface area contributed by atoms with Crippen LogP contribution in [0.15, 0.2) is 59.7 Å². The number of benzene rings is 2. The molecule has 1 aliphatic heterocycles. The molecule has 0 saturated carbocycles. The van der Waals surface area contributed by atoms with Crippen LogP contribution in [0.4, 0.5) is 5.69 Å². The largest absolute Gasteiger partial charge is 0.352 e. The highest BCUT2D eigenvalue weighted by molar-refractivity contribution is 5.95. The third kappa shape index (κ3) is 4.18. The summed E-state index contributed by atoms with van der Waals surface area (Å²) < 4.78 is 1.46. The lowest BCUT2D eigenvalue weighted by Gasteiger charge is -2.16. The van der Waals surface area contributed by atoms with Crippen LogP contribution < -0.4 is 15.8 Å². The third-order valence-electron chi connectivity index (χ3n) is 5.12. The van der Waals surface area contributed by atoms with Gasteiger partial charge in [-0.1, -0.05) is 24.3 Å². The highest BCUT2D eigenvalue weighted by Crippen LogP contribution is 2.21. The number of nitrogens with one attached hydrogen (secondary N) is 1. The van der Waals surface area contributed by atoms with Crippen LogP contribution in [-0.4, -0.2) is 27.9 Å². The number of hydrogen-bond donors (Lipinski definition) is 1. The van der Waals surface area contributed by atoms with Crippen LogP contribution in [0.25, 0.3) is 10.9 Å². The van der Waals surface area contributed by atoms with Gasteiger partial charge in [-0.3, -0.25) is 19.0 Å². The van der Waals surface area contributed by atoms with Crippen molar-refractivity contribution in [3.8, 4) is 0 Å². The Hall–Kier alpha value is -3.48. The van der Waals surface area contributed by atoms with E-state index in [-0.39, 0.29) is 30.3 Å². The predicted molar refractivity (Wildman–Crippen MR) is 110 cm³/mol. The Morgan fingerprint density at radius 1 is 1.07 bits per heavy atom. The monoisotopic (exact) mass is 390 g/mol. The van der Waals surface area contributed by atoms with Crippen LogP contribution in [0.2, 0.25) is 0 Å². The molecule has 0 unspecified atom stereocenters. The molecule has 1 fully saturated rings. The molecule has 0 radical (unpaired) electrons. The van der Waals surface area contributed by atoms with Crippen molar-refractivity contribution >= 4 is 28.4 Å². The van der Waals surface area contributed by atoms with Crippen LogP contribution in [-0.2, 0) is 22.7 Å². The number of aromatic nitrogens is 2. The molecule has 4 rings (SSSR count). The average Bonchev–Trinajstić information content (AvgIpc) is 3.18. The number of carbonyl (C=O) groups is 2. The molecule has 2 amide bonds. The van der Waals surface area contributed by atoms with Crippen molar-refractivity contribution in [2.24, 2.45) is 0 Å². The summed E-state index contributed by atoms with van der Waals surface area (Å²) >= 11 is 0. The summed E-state index contributed by atoms with van der Waals surface area (Å²) in [4.78, 5) is 42.5. The molecule has 7 heteroatoms. The van der Waals surface area contributed by atoms with Gasteiger partial charge < -0.3 is 10.2 Å². The first-order valence-electron chi connectivity index (χ1n) is 9.72. The molecule has 1 saturated heterocycles. The van der Waals surface area contributed by atoms with Gasteiger partial charge in [-0.25, -0.2) is 4.98 Å². The van der Waals surface area contributed by atoms with Gasteiger partial charge in [-0.15, -0.1) is 0 Å². The van der Waals surface area contributed by atoms with Crippen molar-refractivity contribution in [2.45, 2.75) is 32.4 Å². The zero-order valence-corrected chi connectivity index (χ0v) is 16.0. The molecule has 3 aromatic rings.